The molecule has 0 aliphatic carbocycles. The summed E-state index contributed by atoms with van der Waals surface area (Å²) in [6.45, 7) is 3.63. The largest absolute Gasteiger partial charge is 0.355 e. The van der Waals surface area contributed by atoms with Gasteiger partial charge in [-0.2, -0.15) is 5.10 Å². The van der Waals surface area contributed by atoms with E-state index in [-0.39, 0.29) is 17.3 Å². The zero-order chi connectivity index (χ0) is 19.0. The van der Waals surface area contributed by atoms with Gasteiger partial charge in [0.2, 0.25) is 11.6 Å². The molecule has 0 bridgehead atoms. The molecule has 3 heterocycles. The molecular formula is C18H15N7O2. The number of rotatable bonds is 4. The van der Waals surface area contributed by atoms with Gasteiger partial charge in [0.25, 0.3) is 0 Å². The van der Waals surface area contributed by atoms with Gasteiger partial charge in [-0.15, -0.1) is 0 Å². The van der Waals surface area contributed by atoms with Crippen LogP contribution in [-0.2, 0) is 0 Å². The molecule has 27 heavy (non-hydrogen) atoms. The first-order valence-corrected chi connectivity index (χ1v) is 8.18. The fraction of sp³-hybridized carbons (Fsp3) is 0.111. The Bertz CT molecular complexity index is 1160. The van der Waals surface area contributed by atoms with Gasteiger partial charge in [-0.3, -0.25) is 15.1 Å². The highest BCUT2D eigenvalue weighted by Crippen LogP contribution is 2.32. The summed E-state index contributed by atoms with van der Waals surface area (Å²) >= 11 is 0. The lowest BCUT2D eigenvalue weighted by Gasteiger charge is -2.11. The zero-order valence-corrected chi connectivity index (χ0v) is 14.6. The van der Waals surface area contributed by atoms with Crippen LogP contribution in [0.1, 0.15) is 11.4 Å². The van der Waals surface area contributed by atoms with E-state index in [0.717, 1.165) is 22.3 Å². The lowest BCUT2D eigenvalue weighted by atomic mass is 10.2. The van der Waals surface area contributed by atoms with Crippen molar-refractivity contribution >= 4 is 28.1 Å². The quantitative estimate of drug-likeness (QED) is 0.437. The molecule has 4 rings (SSSR count). The molecule has 0 saturated carbocycles. The predicted molar refractivity (Wildman–Crippen MR) is 100 cm³/mol. The average molecular weight is 361 g/mol. The predicted octanol–water partition coefficient (Wildman–Crippen LogP) is 3.48. The summed E-state index contributed by atoms with van der Waals surface area (Å²) < 4.78 is 1.45. The fourth-order valence-corrected chi connectivity index (χ4v) is 2.97. The van der Waals surface area contributed by atoms with Gasteiger partial charge in [-0.1, -0.05) is 6.07 Å². The van der Waals surface area contributed by atoms with Gasteiger partial charge < -0.3 is 5.32 Å². The van der Waals surface area contributed by atoms with Crippen LogP contribution < -0.4 is 5.32 Å². The van der Waals surface area contributed by atoms with E-state index in [1.165, 1.54) is 11.0 Å². The summed E-state index contributed by atoms with van der Waals surface area (Å²) in [6, 6.07) is 11.0. The molecule has 0 radical (unpaired) electrons. The van der Waals surface area contributed by atoms with Gasteiger partial charge in [0, 0.05) is 23.0 Å². The van der Waals surface area contributed by atoms with Crippen LogP contribution in [0.25, 0.3) is 16.7 Å². The number of aromatic nitrogens is 5. The molecule has 4 aromatic rings. The maximum absolute atomic E-state index is 11.8. The molecule has 0 spiro atoms. The van der Waals surface area contributed by atoms with Gasteiger partial charge in [-0.25, -0.2) is 14.6 Å². The van der Waals surface area contributed by atoms with Gasteiger partial charge >= 0.3 is 5.69 Å². The number of nitrogens with zero attached hydrogens (tertiary/aromatic N) is 6. The molecule has 134 valence electrons. The van der Waals surface area contributed by atoms with Crippen molar-refractivity contribution in [2.24, 2.45) is 0 Å². The van der Waals surface area contributed by atoms with Crippen molar-refractivity contribution in [1.29, 1.82) is 0 Å². The molecule has 0 unspecified atom stereocenters. The maximum Gasteiger partial charge on any atom is 0.355 e. The minimum Gasteiger partial charge on any atom is -0.334 e. The van der Waals surface area contributed by atoms with Crippen LogP contribution in [0.4, 0.5) is 17.2 Å². The average Bonchev–Trinajstić information content (AvgIpc) is 2.99. The lowest BCUT2D eigenvalue weighted by Crippen LogP contribution is -2.10. The standard InChI is InChI=1S/C18H15N7O2/c1-11-9-12(2)24(23-11)18-16(25(26)27)17(20-10-21-18)22-15-7-3-6-14-13(15)5-4-8-19-14/h3-10H,1-2H3,(H,20,21,22). The van der Waals surface area contributed by atoms with Crippen LogP contribution in [-0.4, -0.2) is 29.7 Å². The SMILES string of the molecule is Cc1cc(C)n(-c2ncnc(Nc3cccc4ncccc34)c2[N+](=O)[O-])n1. The number of hydrogen-bond acceptors (Lipinski definition) is 7. The molecule has 0 aliphatic rings. The number of benzene rings is 1. The molecule has 3 aromatic heterocycles. The molecule has 1 aromatic carbocycles. The molecule has 0 saturated heterocycles. The van der Waals surface area contributed by atoms with Crippen molar-refractivity contribution in [2.45, 2.75) is 13.8 Å². The minimum atomic E-state index is -0.502. The highest BCUT2D eigenvalue weighted by atomic mass is 16.6. The van der Waals surface area contributed by atoms with Crippen LogP contribution >= 0.6 is 0 Å². The van der Waals surface area contributed by atoms with Crippen molar-refractivity contribution in [3.8, 4) is 5.82 Å². The Morgan fingerprint density at radius 1 is 1.11 bits per heavy atom. The summed E-state index contributed by atoms with van der Waals surface area (Å²) in [6.07, 6.45) is 2.98. The Kier molecular flexibility index (Phi) is 3.96. The van der Waals surface area contributed by atoms with Crippen molar-refractivity contribution in [2.75, 3.05) is 5.32 Å². The zero-order valence-electron chi connectivity index (χ0n) is 14.6. The van der Waals surface area contributed by atoms with E-state index in [4.69, 9.17) is 0 Å². The summed E-state index contributed by atoms with van der Waals surface area (Å²) in [5.41, 5.74) is 2.69. The molecule has 0 fully saturated rings. The van der Waals surface area contributed by atoms with Gasteiger partial charge in [0.05, 0.1) is 16.1 Å². The van der Waals surface area contributed by atoms with Crippen molar-refractivity contribution in [3.05, 3.63) is 70.4 Å². The second kappa shape index (κ2) is 6.45. The molecule has 0 amide bonds. The Labute approximate surface area is 153 Å². The van der Waals surface area contributed by atoms with Crippen LogP contribution in [0.3, 0.4) is 0 Å². The third kappa shape index (κ3) is 2.95. The number of pyridine rings is 1. The minimum absolute atomic E-state index is 0.0916. The topological polar surface area (TPSA) is 112 Å². The Morgan fingerprint density at radius 2 is 1.96 bits per heavy atom. The first-order chi connectivity index (χ1) is 13.0. The van der Waals surface area contributed by atoms with Crippen LogP contribution in [0, 0.1) is 24.0 Å². The van der Waals surface area contributed by atoms with Crippen LogP contribution in [0.2, 0.25) is 0 Å². The molecule has 9 heteroatoms. The molecule has 0 atom stereocenters. The number of nitrogens with one attached hydrogen (secondary N) is 1. The monoisotopic (exact) mass is 361 g/mol. The van der Waals surface area contributed by atoms with E-state index in [2.05, 4.69) is 25.4 Å². The van der Waals surface area contributed by atoms with Crippen molar-refractivity contribution in [1.82, 2.24) is 24.7 Å². The normalized spacial score (nSPS) is 10.9. The summed E-state index contributed by atoms with van der Waals surface area (Å²) in [5.74, 6) is 0.204. The number of fused-ring (bicyclic) bond motifs is 1. The van der Waals surface area contributed by atoms with E-state index in [1.54, 1.807) is 6.20 Å². The third-order valence-electron chi connectivity index (χ3n) is 4.09. The molecular weight excluding hydrogens is 346 g/mol. The Hall–Kier alpha value is -3.88. The van der Waals surface area contributed by atoms with Crippen LogP contribution in [0.5, 0.6) is 0 Å². The Morgan fingerprint density at radius 3 is 2.70 bits per heavy atom. The van der Waals surface area contributed by atoms with Gasteiger partial charge in [-0.05, 0) is 44.2 Å². The maximum atomic E-state index is 11.8. The van der Waals surface area contributed by atoms with E-state index in [0.29, 0.717) is 5.69 Å². The van der Waals surface area contributed by atoms with E-state index < -0.39 is 4.92 Å². The highest BCUT2D eigenvalue weighted by molar-refractivity contribution is 5.93. The van der Waals surface area contributed by atoms with Crippen molar-refractivity contribution < 1.29 is 4.92 Å². The second-order valence-corrected chi connectivity index (χ2v) is 5.99. The summed E-state index contributed by atoms with van der Waals surface area (Å²) in [7, 11) is 0. The van der Waals surface area contributed by atoms with E-state index >= 15 is 0 Å². The number of hydrogen-bond donors (Lipinski definition) is 1. The molecule has 1 N–H and O–H groups in total. The van der Waals surface area contributed by atoms with E-state index in [9.17, 15) is 10.1 Å². The fourth-order valence-electron chi connectivity index (χ4n) is 2.97. The van der Waals surface area contributed by atoms with E-state index in [1.807, 2.05) is 50.2 Å². The summed E-state index contributed by atoms with van der Waals surface area (Å²) in [4.78, 5) is 23.8. The summed E-state index contributed by atoms with van der Waals surface area (Å²) in [5, 5.41) is 20.0. The number of aryl methyl sites for hydroxylation is 2. The first kappa shape index (κ1) is 16.6. The van der Waals surface area contributed by atoms with Gasteiger partial charge in [0.15, 0.2) is 0 Å². The number of anilines is 2. The second-order valence-electron chi connectivity index (χ2n) is 5.99. The Balaban J connectivity index is 1.87. The van der Waals surface area contributed by atoms with Crippen LogP contribution in [0.15, 0.2) is 48.9 Å². The smallest absolute Gasteiger partial charge is 0.334 e. The third-order valence-corrected chi connectivity index (χ3v) is 4.09. The van der Waals surface area contributed by atoms with Gasteiger partial charge in [0.1, 0.15) is 6.33 Å². The first-order valence-electron chi connectivity index (χ1n) is 8.18. The highest BCUT2D eigenvalue weighted by Gasteiger charge is 2.26. The number of nitro groups is 1. The molecule has 9 nitrogen and oxygen atoms in total. The van der Waals surface area contributed by atoms with Crippen molar-refractivity contribution in [3.63, 3.8) is 0 Å². The molecule has 0 aliphatic heterocycles. The lowest BCUT2D eigenvalue weighted by molar-refractivity contribution is -0.384.